The van der Waals surface area contributed by atoms with Gasteiger partial charge >= 0.3 is 0 Å². The maximum absolute atomic E-state index is 5.15. The minimum absolute atomic E-state index is 0.979. The molecule has 0 aliphatic heterocycles. The molecule has 0 N–H and O–H groups in total. The van der Waals surface area contributed by atoms with Gasteiger partial charge in [0.25, 0.3) is 0 Å². The molecular formula is C10H22OSi. The summed E-state index contributed by atoms with van der Waals surface area (Å²) in [6, 6.07) is 5.19. The molecule has 0 aliphatic carbocycles. The summed E-state index contributed by atoms with van der Waals surface area (Å²) in [4.78, 5) is 0. The molecule has 1 nitrogen and oxygen atoms in total. The van der Waals surface area contributed by atoms with E-state index in [9.17, 15) is 0 Å². The number of ether oxygens (including phenoxy) is 1. The van der Waals surface area contributed by atoms with Crippen LogP contribution in [0.3, 0.4) is 0 Å². The van der Waals surface area contributed by atoms with Gasteiger partial charge in [0.1, 0.15) is 0 Å². The number of allylic oxidation sites excluding steroid dienone is 1. The summed E-state index contributed by atoms with van der Waals surface area (Å²) in [5.41, 5.74) is 0. The van der Waals surface area contributed by atoms with Gasteiger partial charge in [0.05, 0.1) is 20.9 Å². The van der Waals surface area contributed by atoms with Gasteiger partial charge in [-0.05, 0) is 6.04 Å². The van der Waals surface area contributed by atoms with Crippen molar-refractivity contribution in [3.05, 3.63) is 12.3 Å². The van der Waals surface area contributed by atoms with Crippen molar-refractivity contribution in [1.82, 2.24) is 0 Å². The Kier molecular flexibility index (Phi) is 5.30. The van der Waals surface area contributed by atoms with E-state index in [-0.39, 0.29) is 0 Å². The molecule has 0 saturated carbocycles. The molecule has 0 aromatic heterocycles. The molecule has 0 aromatic carbocycles. The average Bonchev–Trinajstić information content (AvgIpc) is 2.14. The fraction of sp³-hybridized carbons (Fsp3) is 0.800. The van der Waals surface area contributed by atoms with Crippen LogP contribution in [0, 0.1) is 0 Å². The third-order valence-corrected chi connectivity index (χ3v) is 8.76. The number of rotatable bonds is 6. The van der Waals surface area contributed by atoms with Crippen molar-refractivity contribution in [3.8, 4) is 0 Å². The Morgan fingerprint density at radius 3 is 1.83 bits per heavy atom. The fourth-order valence-corrected chi connectivity index (χ4v) is 4.85. The Balaban J connectivity index is 4.19. The second kappa shape index (κ2) is 5.41. The van der Waals surface area contributed by atoms with Gasteiger partial charge in [-0.15, -0.1) is 0 Å². The second-order valence-electron chi connectivity index (χ2n) is 3.48. The van der Waals surface area contributed by atoms with Crippen LogP contribution in [0.15, 0.2) is 12.3 Å². The van der Waals surface area contributed by atoms with Crippen molar-refractivity contribution in [2.75, 3.05) is 7.11 Å². The second-order valence-corrected chi connectivity index (χ2v) is 8.96. The molecule has 0 radical (unpaired) electrons. The van der Waals surface area contributed by atoms with Crippen LogP contribution in [0.4, 0.5) is 0 Å². The van der Waals surface area contributed by atoms with Gasteiger partial charge in [-0.25, -0.2) is 0 Å². The first-order valence-corrected chi connectivity index (χ1v) is 7.68. The number of methoxy groups -OCH3 is 1. The van der Waals surface area contributed by atoms with E-state index >= 15 is 0 Å². The molecule has 2 heteroatoms. The monoisotopic (exact) mass is 186 g/mol. The summed E-state index contributed by atoms with van der Waals surface area (Å²) in [7, 11) is 0.699. The highest BCUT2D eigenvalue weighted by Gasteiger charge is 2.27. The van der Waals surface area contributed by atoms with Gasteiger partial charge < -0.3 is 4.74 Å². The first-order valence-electron chi connectivity index (χ1n) is 4.86. The Hall–Kier alpha value is -0.243. The Labute approximate surface area is 77.8 Å². The summed E-state index contributed by atoms with van der Waals surface area (Å²) >= 11 is 0. The lowest BCUT2D eigenvalue weighted by Crippen LogP contribution is -2.31. The van der Waals surface area contributed by atoms with Crippen molar-refractivity contribution < 1.29 is 4.74 Å². The van der Waals surface area contributed by atoms with Crippen LogP contribution in [0.2, 0.25) is 24.2 Å². The molecular weight excluding hydrogens is 164 g/mol. The van der Waals surface area contributed by atoms with E-state index in [4.69, 9.17) is 4.74 Å². The molecule has 0 atom stereocenters. The molecule has 0 fully saturated rings. The van der Waals surface area contributed by atoms with Gasteiger partial charge in [-0.3, -0.25) is 0 Å². The third-order valence-electron chi connectivity index (χ3n) is 3.11. The van der Waals surface area contributed by atoms with Gasteiger partial charge in [0, 0.05) is 0 Å². The minimum Gasteiger partial charge on any atom is -0.502 e. The zero-order valence-corrected chi connectivity index (χ0v) is 9.94. The summed E-state index contributed by atoms with van der Waals surface area (Å²) in [5, 5.41) is 0. The van der Waals surface area contributed by atoms with E-state index in [1.807, 2.05) is 0 Å². The van der Waals surface area contributed by atoms with Crippen LogP contribution in [0.1, 0.15) is 20.8 Å². The quantitative estimate of drug-likeness (QED) is 0.454. The molecule has 0 bridgehead atoms. The lowest BCUT2D eigenvalue weighted by molar-refractivity contribution is 0.294. The SMILES string of the molecule is C=C(C[Si](CC)(CC)CC)OC. The highest BCUT2D eigenvalue weighted by Crippen LogP contribution is 2.28. The Bertz CT molecular complexity index is 131. The molecule has 0 saturated heterocycles. The van der Waals surface area contributed by atoms with E-state index in [0.29, 0.717) is 0 Å². The predicted octanol–water partition coefficient (Wildman–Crippen LogP) is 3.66. The zero-order chi connectivity index (χ0) is 9.61. The predicted molar refractivity (Wildman–Crippen MR) is 58.2 cm³/mol. The fourth-order valence-electron chi connectivity index (χ4n) is 1.62. The van der Waals surface area contributed by atoms with Gasteiger partial charge in [-0.1, -0.05) is 45.5 Å². The van der Waals surface area contributed by atoms with Gasteiger partial charge in [0.15, 0.2) is 0 Å². The van der Waals surface area contributed by atoms with E-state index < -0.39 is 8.07 Å². The van der Waals surface area contributed by atoms with Crippen molar-refractivity contribution in [2.24, 2.45) is 0 Å². The first kappa shape index (κ1) is 11.8. The lowest BCUT2D eigenvalue weighted by Gasteiger charge is -2.28. The van der Waals surface area contributed by atoms with Gasteiger partial charge in [-0.2, -0.15) is 0 Å². The normalized spacial score (nSPS) is 11.3. The van der Waals surface area contributed by atoms with E-state index in [1.54, 1.807) is 7.11 Å². The molecule has 0 aliphatic rings. The zero-order valence-electron chi connectivity index (χ0n) is 8.94. The van der Waals surface area contributed by atoms with Crippen LogP contribution >= 0.6 is 0 Å². The summed E-state index contributed by atoms with van der Waals surface area (Å²) in [5.74, 6) is 0.979. The maximum Gasteiger partial charge on any atom is 0.0857 e. The molecule has 0 unspecified atom stereocenters. The van der Waals surface area contributed by atoms with E-state index in [1.165, 1.54) is 18.1 Å². The van der Waals surface area contributed by atoms with Crippen molar-refractivity contribution in [3.63, 3.8) is 0 Å². The topological polar surface area (TPSA) is 9.23 Å². The van der Waals surface area contributed by atoms with Crippen molar-refractivity contribution in [1.29, 1.82) is 0 Å². The van der Waals surface area contributed by atoms with E-state index in [2.05, 4.69) is 27.4 Å². The third kappa shape index (κ3) is 3.01. The first-order chi connectivity index (χ1) is 5.64. The van der Waals surface area contributed by atoms with Crippen molar-refractivity contribution in [2.45, 2.75) is 44.9 Å². The Morgan fingerprint density at radius 2 is 1.58 bits per heavy atom. The van der Waals surface area contributed by atoms with Crippen LogP contribution in [-0.4, -0.2) is 15.2 Å². The summed E-state index contributed by atoms with van der Waals surface area (Å²) in [6.07, 6.45) is 0. The van der Waals surface area contributed by atoms with E-state index in [0.717, 1.165) is 11.8 Å². The maximum atomic E-state index is 5.15. The van der Waals surface area contributed by atoms with Gasteiger partial charge in [0.2, 0.25) is 0 Å². The number of hydrogen-bond donors (Lipinski definition) is 0. The highest BCUT2D eigenvalue weighted by atomic mass is 28.3. The standard InChI is InChI=1S/C10H22OSi/c1-6-12(7-2,8-3)9-10(4)11-5/h4,6-9H2,1-3,5H3. The molecule has 0 heterocycles. The summed E-state index contributed by atoms with van der Waals surface area (Å²) < 4.78 is 5.15. The molecule has 0 aromatic rings. The molecule has 0 spiro atoms. The van der Waals surface area contributed by atoms with Crippen LogP contribution in [0.5, 0.6) is 0 Å². The highest BCUT2D eigenvalue weighted by molar-refractivity contribution is 6.80. The molecule has 0 amide bonds. The van der Waals surface area contributed by atoms with Crippen LogP contribution in [-0.2, 0) is 4.74 Å². The Morgan fingerprint density at radius 1 is 1.17 bits per heavy atom. The lowest BCUT2D eigenvalue weighted by atomic mass is 10.6. The van der Waals surface area contributed by atoms with Crippen molar-refractivity contribution >= 4 is 8.07 Å². The average molecular weight is 186 g/mol. The molecule has 72 valence electrons. The largest absolute Gasteiger partial charge is 0.502 e. The summed E-state index contributed by atoms with van der Waals surface area (Å²) in [6.45, 7) is 10.8. The number of hydrogen-bond acceptors (Lipinski definition) is 1. The van der Waals surface area contributed by atoms with Crippen LogP contribution < -0.4 is 0 Å². The smallest absolute Gasteiger partial charge is 0.0857 e. The molecule has 0 rings (SSSR count). The molecule has 12 heavy (non-hydrogen) atoms. The minimum atomic E-state index is -1.03. The van der Waals surface area contributed by atoms with Crippen LogP contribution in [0.25, 0.3) is 0 Å².